The molecule has 8 rings (SSSR count). The summed E-state index contributed by atoms with van der Waals surface area (Å²) in [6, 6.07) is 39.5. The third-order valence-corrected chi connectivity index (χ3v) is 12.7. The van der Waals surface area contributed by atoms with Crippen LogP contribution in [0.5, 0.6) is 11.5 Å². The van der Waals surface area contributed by atoms with E-state index in [9.17, 15) is 34.2 Å². The molecule has 0 bridgehead atoms. The van der Waals surface area contributed by atoms with E-state index in [4.69, 9.17) is 33.9 Å². The standard InChI is InChI=1S/C24H20N2O4S2.C12H12N2O3S.C12H10O2S/c1-30-17-9-7-16(8-10-17)21-12-11-18(32-21)14-19-22(27)26(24(31)25-19)20(23(28)29)13-15-5-3-2-4-6-15;15-10-7-13-12(18)14(10)9(11(16)17)6-8-4-2-1-3-5-8;1-14-10-4-2-9(3-5-10)12-7-6-11(8-13)15-12/h2-12,14,20H,13H2,1H3,(H,25,31)(H,28,29);1-5,9H,6-7H2,(H,13,18)(H,16,17);2-8H,1H3/b19-14+;;. The summed E-state index contributed by atoms with van der Waals surface area (Å²) in [5.74, 6) is -1.29. The van der Waals surface area contributed by atoms with Gasteiger partial charge in [0.15, 0.2) is 16.5 Å². The Balaban J connectivity index is 0.000000178. The van der Waals surface area contributed by atoms with Gasteiger partial charge in [0.2, 0.25) is 5.91 Å². The Kier molecular flexibility index (Phi) is 16.4. The number of rotatable bonds is 14. The van der Waals surface area contributed by atoms with Crippen LogP contribution in [0.15, 0.2) is 139 Å². The maximum absolute atomic E-state index is 13.0. The van der Waals surface area contributed by atoms with Gasteiger partial charge in [-0.3, -0.25) is 24.2 Å². The molecule has 17 heteroatoms. The predicted molar refractivity (Wildman–Crippen MR) is 259 cm³/mol. The van der Waals surface area contributed by atoms with Crippen molar-refractivity contribution >= 4 is 93.4 Å². The first-order chi connectivity index (χ1) is 31.4. The summed E-state index contributed by atoms with van der Waals surface area (Å²) in [6.07, 6.45) is 2.98. The van der Waals surface area contributed by atoms with Gasteiger partial charge in [-0.15, -0.1) is 22.7 Å². The fraction of sp³-hybridized carbons (Fsp3) is 0.146. The van der Waals surface area contributed by atoms with Crippen molar-refractivity contribution in [3.63, 3.8) is 0 Å². The van der Waals surface area contributed by atoms with Gasteiger partial charge >= 0.3 is 11.9 Å². The highest BCUT2D eigenvalue weighted by atomic mass is 32.1. The second-order valence-corrected chi connectivity index (χ2v) is 17.2. The van der Waals surface area contributed by atoms with Crippen LogP contribution >= 0.6 is 47.1 Å². The smallest absolute Gasteiger partial charge is 0.327 e. The minimum absolute atomic E-state index is 0.0669. The van der Waals surface area contributed by atoms with Crippen molar-refractivity contribution < 1.29 is 43.7 Å². The summed E-state index contributed by atoms with van der Waals surface area (Å²) in [4.78, 5) is 64.5. The highest BCUT2D eigenvalue weighted by Gasteiger charge is 2.40. The van der Waals surface area contributed by atoms with Crippen LogP contribution in [-0.4, -0.2) is 93.1 Å². The average molecular weight is 947 g/mol. The Morgan fingerprint density at radius 3 is 1.54 bits per heavy atom. The Morgan fingerprint density at radius 1 is 0.662 bits per heavy atom. The van der Waals surface area contributed by atoms with Crippen LogP contribution in [-0.2, 0) is 32.0 Å². The Morgan fingerprint density at radius 2 is 1.12 bits per heavy atom. The van der Waals surface area contributed by atoms with E-state index in [-0.39, 0.29) is 41.2 Å². The molecule has 4 heterocycles. The first kappa shape index (κ1) is 47.4. The van der Waals surface area contributed by atoms with Crippen molar-refractivity contribution in [3.05, 3.63) is 160 Å². The van der Waals surface area contributed by atoms with Crippen LogP contribution in [0.1, 0.15) is 25.7 Å². The van der Waals surface area contributed by atoms with Crippen LogP contribution in [0.3, 0.4) is 0 Å². The normalized spacial score (nSPS) is 14.6. The Hall–Kier alpha value is -7.05. The number of nitrogens with one attached hydrogen (secondary N) is 2. The third kappa shape index (κ3) is 12.4. The van der Waals surface area contributed by atoms with Gasteiger partial charge < -0.3 is 30.3 Å². The molecule has 2 aromatic heterocycles. The van der Waals surface area contributed by atoms with Crippen LogP contribution in [0.25, 0.3) is 27.0 Å². The number of aldehydes is 1. The molecule has 2 amide bonds. The molecule has 2 aliphatic rings. The molecule has 13 nitrogen and oxygen atoms in total. The first-order valence-corrected chi connectivity index (χ1v) is 22.3. The van der Waals surface area contributed by atoms with E-state index in [1.165, 1.54) is 22.7 Å². The van der Waals surface area contributed by atoms with E-state index >= 15 is 0 Å². The Labute approximate surface area is 393 Å². The van der Waals surface area contributed by atoms with Crippen molar-refractivity contribution in [2.24, 2.45) is 0 Å². The molecule has 2 saturated heterocycles. The molecule has 4 N–H and O–H groups in total. The monoisotopic (exact) mass is 946 g/mol. The molecule has 332 valence electrons. The van der Waals surface area contributed by atoms with Gasteiger partial charge in [0.1, 0.15) is 29.3 Å². The fourth-order valence-electron chi connectivity index (χ4n) is 6.64. The highest BCUT2D eigenvalue weighted by Crippen LogP contribution is 2.32. The number of hydrogen-bond donors (Lipinski definition) is 4. The average Bonchev–Trinajstić information content (AvgIpc) is 4.13. The van der Waals surface area contributed by atoms with Crippen molar-refractivity contribution in [2.45, 2.75) is 24.9 Å². The molecule has 65 heavy (non-hydrogen) atoms. The number of thiophene rings is 2. The van der Waals surface area contributed by atoms with E-state index in [1.54, 1.807) is 20.3 Å². The summed E-state index contributed by atoms with van der Waals surface area (Å²) in [7, 11) is 3.27. The lowest BCUT2D eigenvalue weighted by Gasteiger charge is -2.23. The minimum atomic E-state index is -1.11. The molecule has 0 saturated carbocycles. The number of aliphatic carboxylic acids is 2. The summed E-state index contributed by atoms with van der Waals surface area (Å²) in [5.41, 5.74) is 4.08. The third-order valence-electron chi connectivity index (χ3n) is 9.93. The molecule has 0 aliphatic carbocycles. The quantitative estimate of drug-likeness (QED) is 0.0473. The number of carbonyl (C=O) groups excluding carboxylic acids is 3. The van der Waals surface area contributed by atoms with E-state index in [2.05, 4.69) is 10.6 Å². The zero-order valence-electron chi connectivity index (χ0n) is 34.9. The first-order valence-electron chi connectivity index (χ1n) is 19.8. The molecule has 0 spiro atoms. The van der Waals surface area contributed by atoms with Gasteiger partial charge in [0, 0.05) is 27.5 Å². The molecule has 0 radical (unpaired) electrons. The van der Waals surface area contributed by atoms with Crippen molar-refractivity contribution in [2.75, 3.05) is 20.8 Å². The lowest BCUT2D eigenvalue weighted by molar-refractivity contribution is -0.145. The topological polar surface area (TPSA) is 175 Å². The van der Waals surface area contributed by atoms with Gasteiger partial charge in [0.05, 0.1) is 25.6 Å². The largest absolute Gasteiger partial charge is 0.497 e. The predicted octanol–water partition coefficient (Wildman–Crippen LogP) is 7.81. The van der Waals surface area contributed by atoms with Crippen LogP contribution in [0.2, 0.25) is 0 Å². The van der Waals surface area contributed by atoms with Gasteiger partial charge in [0.25, 0.3) is 5.91 Å². The number of carbonyl (C=O) groups is 5. The van der Waals surface area contributed by atoms with Gasteiger partial charge in [-0.1, -0.05) is 60.7 Å². The van der Waals surface area contributed by atoms with Crippen LogP contribution < -0.4 is 20.1 Å². The van der Waals surface area contributed by atoms with E-state index in [0.29, 0.717) is 0 Å². The number of thiocarbonyl (C=S) groups is 2. The van der Waals surface area contributed by atoms with Crippen molar-refractivity contribution in [1.82, 2.24) is 20.4 Å². The second-order valence-electron chi connectivity index (χ2n) is 14.2. The molecule has 4 aromatic carbocycles. The van der Waals surface area contributed by atoms with E-state index < -0.39 is 29.9 Å². The molecular weight excluding hydrogens is 905 g/mol. The maximum atomic E-state index is 13.0. The number of ether oxygens (including phenoxy) is 2. The van der Waals surface area contributed by atoms with Gasteiger partial charge in [-0.2, -0.15) is 0 Å². The molecule has 2 fully saturated rings. The number of hydrogen-bond acceptors (Lipinski definition) is 11. The lowest BCUT2D eigenvalue weighted by atomic mass is 10.0. The molecule has 2 unspecified atom stereocenters. The molecule has 2 atom stereocenters. The number of nitrogens with zero attached hydrogens (tertiary/aromatic N) is 2. The van der Waals surface area contributed by atoms with Gasteiger partial charge in [-0.05, 0) is 126 Å². The number of carboxylic acids is 2. The van der Waals surface area contributed by atoms with Crippen LogP contribution in [0.4, 0.5) is 0 Å². The zero-order valence-corrected chi connectivity index (χ0v) is 38.2. The Bertz CT molecular complexity index is 2670. The van der Waals surface area contributed by atoms with Crippen molar-refractivity contribution in [1.29, 1.82) is 0 Å². The number of benzene rings is 4. The van der Waals surface area contributed by atoms with Gasteiger partial charge in [-0.25, -0.2) is 9.59 Å². The van der Waals surface area contributed by atoms with E-state index in [0.717, 1.165) is 69.3 Å². The summed E-state index contributed by atoms with van der Waals surface area (Å²) >= 11 is 13.3. The number of amides is 2. The second kappa shape index (κ2) is 22.5. The van der Waals surface area contributed by atoms with Crippen LogP contribution in [0, 0.1) is 0 Å². The number of methoxy groups -OCH3 is 2. The fourth-order valence-corrected chi connectivity index (χ4v) is 9.05. The lowest BCUT2D eigenvalue weighted by Crippen LogP contribution is -2.46. The van der Waals surface area contributed by atoms with Crippen molar-refractivity contribution in [3.8, 4) is 32.4 Å². The SMILES string of the molecule is COc1ccc(-c2ccc(/C=C3/NC(=S)N(C(Cc4ccccc4)C(=O)O)C3=O)s2)cc1.COc1ccc(-c2ccc(C=O)s2)cc1.O=C(O)C(Cc1ccccc1)N1C(=O)CNC1=S. The molecule has 6 aromatic rings. The highest BCUT2D eigenvalue weighted by molar-refractivity contribution is 7.80. The minimum Gasteiger partial charge on any atom is -0.497 e. The number of carboxylic acid groups (broad SMARTS) is 2. The molecular formula is C48H42N4O9S4. The summed E-state index contributed by atoms with van der Waals surface area (Å²) < 4.78 is 10.3. The maximum Gasteiger partial charge on any atom is 0.327 e. The molecule has 2 aliphatic heterocycles. The summed E-state index contributed by atoms with van der Waals surface area (Å²) in [5, 5.41) is 24.9. The zero-order chi connectivity index (χ0) is 46.5. The van der Waals surface area contributed by atoms with E-state index in [1.807, 2.05) is 133 Å². The summed E-state index contributed by atoms with van der Waals surface area (Å²) in [6.45, 7) is 0.0669.